The average Bonchev–Trinajstić information content (AvgIpc) is 3.17. The zero-order valence-electron chi connectivity index (χ0n) is 11.2. The maximum absolute atomic E-state index is 13.2. The Bertz CT molecular complexity index is 608. The second-order valence-electron chi connectivity index (χ2n) is 5.08. The Kier molecular flexibility index (Phi) is 3.40. The molecule has 5 nitrogen and oxygen atoms in total. The first-order chi connectivity index (χ1) is 9.63. The van der Waals surface area contributed by atoms with E-state index in [2.05, 4.69) is 10.1 Å². The van der Waals surface area contributed by atoms with E-state index in [1.54, 1.807) is 13.0 Å². The Morgan fingerprint density at radius 2 is 2.30 bits per heavy atom. The second kappa shape index (κ2) is 5.20. The van der Waals surface area contributed by atoms with E-state index in [1.165, 1.54) is 12.1 Å². The lowest BCUT2D eigenvalue weighted by Gasteiger charge is -2.12. The van der Waals surface area contributed by atoms with Crippen molar-refractivity contribution in [2.45, 2.75) is 38.3 Å². The SMILES string of the molecule is CC(N)c1cc(F)ccc1OCc1noc(C2CC2)n1. The van der Waals surface area contributed by atoms with Crippen molar-refractivity contribution in [2.24, 2.45) is 5.73 Å². The van der Waals surface area contributed by atoms with Crippen molar-refractivity contribution >= 4 is 0 Å². The van der Waals surface area contributed by atoms with Crippen LogP contribution in [-0.2, 0) is 6.61 Å². The normalized spacial score (nSPS) is 16.1. The van der Waals surface area contributed by atoms with E-state index >= 15 is 0 Å². The summed E-state index contributed by atoms with van der Waals surface area (Å²) >= 11 is 0. The molecule has 0 bridgehead atoms. The molecule has 0 radical (unpaired) electrons. The lowest BCUT2D eigenvalue weighted by atomic mass is 10.1. The van der Waals surface area contributed by atoms with Crippen molar-refractivity contribution in [3.05, 3.63) is 41.3 Å². The highest BCUT2D eigenvalue weighted by Gasteiger charge is 2.29. The molecule has 1 saturated carbocycles. The fourth-order valence-electron chi connectivity index (χ4n) is 1.97. The molecule has 0 amide bonds. The zero-order valence-corrected chi connectivity index (χ0v) is 11.2. The Labute approximate surface area is 115 Å². The minimum absolute atomic E-state index is 0.182. The fourth-order valence-corrected chi connectivity index (χ4v) is 1.97. The number of hydrogen-bond donors (Lipinski definition) is 1. The molecule has 106 valence electrons. The van der Waals surface area contributed by atoms with Gasteiger partial charge in [-0.2, -0.15) is 4.98 Å². The quantitative estimate of drug-likeness (QED) is 0.909. The van der Waals surface area contributed by atoms with Crippen LogP contribution in [0.15, 0.2) is 22.7 Å². The number of benzene rings is 1. The Balaban J connectivity index is 1.70. The molecular formula is C14H16FN3O2. The number of hydrogen-bond acceptors (Lipinski definition) is 5. The maximum Gasteiger partial charge on any atom is 0.229 e. The molecule has 6 heteroatoms. The number of rotatable bonds is 5. The van der Waals surface area contributed by atoms with Crippen LogP contribution in [-0.4, -0.2) is 10.1 Å². The minimum Gasteiger partial charge on any atom is -0.485 e. The van der Waals surface area contributed by atoms with Crippen LogP contribution in [0.1, 0.15) is 49.0 Å². The van der Waals surface area contributed by atoms with E-state index in [9.17, 15) is 4.39 Å². The predicted molar refractivity (Wildman–Crippen MR) is 69.6 cm³/mol. The van der Waals surface area contributed by atoms with Gasteiger partial charge in [-0.15, -0.1) is 0 Å². The van der Waals surface area contributed by atoms with Crippen molar-refractivity contribution in [1.29, 1.82) is 0 Å². The first kappa shape index (κ1) is 13.1. The van der Waals surface area contributed by atoms with Crippen LogP contribution < -0.4 is 10.5 Å². The van der Waals surface area contributed by atoms with E-state index < -0.39 is 0 Å². The van der Waals surface area contributed by atoms with Crippen LogP contribution in [0, 0.1) is 5.82 Å². The molecule has 3 rings (SSSR count). The summed E-state index contributed by atoms with van der Waals surface area (Å²) in [5.74, 6) is 1.79. The molecule has 1 aromatic carbocycles. The summed E-state index contributed by atoms with van der Waals surface area (Å²) in [6, 6.07) is 3.97. The smallest absolute Gasteiger partial charge is 0.229 e. The first-order valence-corrected chi connectivity index (χ1v) is 6.64. The van der Waals surface area contributed by atoms with Crippen molar-refractivity contribution < 1.29 is 13.7 Å². The molecule has 1 unspecified atom stereocenters. The largest absolute Gasteiger partial charge is 0.485 e. The molecule has 1 aliphatic rings. The van der Waals surface area contributed by atoms with E-state index in [0.29, 0.717) is 28.9 Å². The van der Waals surface area contributed by atoms with Crippen LogP contribution in [0.4, 0.5) is 4.39 Å². The van der Waals surface area contributed by atoms with Gasteiger partial charge in [-0.1, -0.05) is 5.16 Å². The highest BCUT2D eigenvalue weighted by molar-refractivity contribution is 5.36. The molecule has 1 fully saturated rings. The molecule has 0 saturated heterocycles. The number of aromatic nitrogens is 2. The molecule has 0 aliphatic heterocycles. The van der Waals surface area contributed by atoms with Crippen molar-refractivity contribution in [1.82, 2.24) is 10.1 Å². The maximum atomic E-state index is 13.2. The van der Waals surface area contributed by atoms with Gasteiger partial charge in [-0.05, 0) is 38.0 Å². The number of halogens is 1. The highest BCUT2D eigenvalue weighted by Crippen LogP contribution is 2.38. The standard InChI is InChI=1S/C14H16FN3O2/c1-8(16)11-6-10(15)4-5-12(11)19-7-13-17-14(20-18-13)9-2-3-9/h4-6,8-9H,2-3,7,16H2,1H3. The first-order valence-electron chi connectivity index (χ1n) is 6.64. The van der Waals surface area contributed by atoms with Crippen molar-refractivity contribution in [3.63, 3.8) is 0 Å². The van der Waals surface area contributed by atoms with Crippen LogP contribution in [0.5, 0.6) is 5.75 Å². The predicted octanol–water partition coefficient (Wildman–Crippen LogP) is 2.68. The molecular weight excluding hydrogens is 261 g/mol. The fraction of sp³-hybridized carbons (Fsp3) is 0.429. The summed E-state index contributed by atoms with van der Waals surface area (Å²) in [6.07, 6.45) is 2.21. The Morgan fingerprint density at radius 3 is 3.00 bits per heavy atom. The Morgan fingerprint density at radius 1 is 1.50 bits per heavy atom. The van der Waals surface area contributed by atoms with E-state index in [0.717, 1.165) is 12.8 Å². The molecule has 2 N–H and O–H groups in total. The zero-order chi connectivity index (χ0) is 14.1. The van der Waals surface area contributed by atoms with E-state index in [4.69, 9.17) is 15.0 Å². The third kappa shape index (κ3) is 2.80. The summed E-state index contributed by atoms with van der Waals surface area (Å²) < 4.78 is 24.0. The molecule has 20 heavy (non-hydrogen) atoms. The van der Waals surface area contributed by atoms with Gasteiger partial charge in [0, 0.05) is 17.5 Å². The number of nitrogens with zero attached hydrogens (tertiary/aromatic N) is 2. The summed E-state index contributed by atoms with van der Waals surface area (Å²) in [5.41, 5.74) is 6.43. The molecule has 1 heterocycles. The third-order valence-corrected chi connectivity index (χ3v) is 3.23. The van der Waals surface area contributed by atoms with Crippen molar-refractivity contribution in [2.75, 3.05) is 0 Å². The van der Waals surface area contributed by atoms with Crippen LogP contribution in [0.2, 0.25) is 0 Å². The van der Waals surface area contributed by atoms with Gasteiger partial charge >= 0.3 is 0 Å². The van der Waals surface area contributed by atoms with Crippen LogP contribution in [0.3, 0.4) is 0 Å². The summed E-state index contributed by atoms with van der Waals surface area (Å²) in [4.78, 5) is 4.27. The molecule has 1 atom stereocenters. The average molecular weight is 277 g/mol. The molecule has 0 spiro atoms. The molecule has 1 aliphatic carbocycles. The van der Waals surface area contributed by atoms with E-state index in [1.807, 2.05) is 0 Å². The number of ether oxygens (including phenoxy) is 1. The minimum atomic E-state index is -0.333. The van der Waals surface area contributed by atoms with Crippen molar-refractivity contribution in [3.8, 4) is 5.75 Å². The van der Waals surface area contributed by atoms with E-state index in [-0.39, 0.29) is 18.5 Å². The topological polar surface area (TPSA) is 74.2 Å². The van der Waals surface area contributed by atoms with Crippen LogP contribution in [0.25, 0.3) is 0 Å². The molecule has 1 aromatic heterocycles. The summed E-state index contributed by atoms with van der Waals surface area (Å²) in [6.45, 7) is 1.96. The Hall–Kier alpha value is -1.95. The van der Waals surface area contributed by atoms with Gasteiger partial charge in [0.25, 0.3) is 0 Å². The van der Waals surface area contributed by atoms with Crippen LogP contribution >= 0.6 is 0 Å². The van der Waals surface area contributed by atoms with Gasteiger partial charge in [-0.25, -0.2) is 4.39 Å². The second-order valence-corrected chi connectivity index (χ2v) is 5.08. The lowest BCUT2D eigenvalue weighted by molar-refractivity contribution is 0.281. The van der Waals surface area contributed by atoms with Gasteiger partial charge in [0.15, 0.2) is 6.61 Å². The summed E-state index contributed by atoms with van der Waals surface area (Å²) in [5, 5.41) is 3.87. The van der Waals surface area contributed by atoms with Gasteiger partial charge in [-0.3, -0.25) is 0 Å². The van der Waals surface area contributed by atoms with Gasteiger partial charge < -0.3 is 15.0 Å². The lowest BCUT2D eigenvalue weighted by Crippen LogP contribution is -2.09. The third-order valence-electron chi connectivity index (χ3n) is 3.23. The van der Waals surface area contributed by atoms with Gasteiger partial charge in [0.05, 0.1) is 0 Å². The molecule has 2 aromatic rings. The highest BCUT2D eigenvalue weighted by atomic mass is 19.1. The number of nitrogens with two attached hydrogens (primary N) is 1. The summed E-state index contributed by atoms with van der Waals surface area (Å²) in [7, 11) is 0. The van der Waals surface area contributed by atoms with Gasteiger partial charge in [0.1, 0.15) is 11.6 Å². The monoisotopic (exact) mass is 277 g/mol. The van der Waals surface area contributed by atoms with Gasteiger partial charge in [0.2, 0.25) is 11.7 Å².